The molecule has 2 aromatic rings. The molecule has 0 spiro atoms. The molecule has 2 aromatic carbocycles. The molecule has 1 atom stereocenters. The Hall–Kier alpha value is -1.12. The Labute approximate surface area is 138 Å². The monoisotopic (exact) mass is 416 g/mol. The third-order valence-electron chi connectivity index (χ3n) is 3.26. The van der Waals surface area contributed by atoms with Gasteiger partial charge in [-0.25, -0.2) is 13.6 Å². The van der Waals surface area contributed by atoms with Crippen molar-refractivity contribution in [2.24, 2.45) is 5.14 Å². The number of anilines is 1. The first-order valence-electron chi connectivity index (χ1n) is 6.43. The van der Waals surface area contributed by atoms with Crippen LogP contribution < -0.4 is 10.5 Å². The minimum Gasteiger partial charge on any atom is -0.378 e. The van der Waals surface area contributed by atoms with E-state index in [0.717, 1.165) is 11.3 Å². The Bertz CT molecular complexity index is 743. The highest BCUT2D eigenvalue weighted by molar-refractivity contribution is 14.1. The average Bonchev–Trinajstić information content (AvgIpc) is 2.42. The maximum atomic E-state index is 11.2. The molecule has 21 heavy (non-hydrogen) atoms. The van der Waals surface area contributed by atoms with Crippen LogP contribution in [0.5, 0.6) is 0 Å². The van der Waals surface area contributed by atoms with Crippen LogP contribution in [0, 0.1) is 10.5 Å². The molecule has 0 heterocycles. The van der Waals surface area contributed by atoms with Gasteiger partial charge in [0.25, 0.3) is 0 Å². The minimum absolute atomic E-state index is 0.0676. The highest BCUT2D eigenvalue weighted by atomic mass is 127. The average molecular weight is 416 g/mol. The molecule has 112 valence electrons. The van der Waals surface area contributed by atoms with Gasteiger partial charge in [0.15, 0.2) is 0 Å². The highest BCUT2D eigenvalue weighted by Gasteiger charge is 2.10. The molecule has 0 aliphatic carbocycles. The van der Waals surface area contributed by atoms with Gasteiger partial charge in [-0.2, -0.15) is 0 Å². The summed E-state index contributed by atoms with van der Waals surface area (Å²) in [4.78, 5) is 0.128. The van der Waals surface area contributed by atoms with Crippen molar-refractivity contribution in [1.29, 1.82) is 0 Å². The Morgan fingerprint density at radius 1 is 1.14 bits per heavy atom. The van der Waals surface area contributed by atoms with Crippen LogP contribution in [-0.4, -0.2) is 8.42 Å². The van der Waals surface area contributed by atoms with E-state index in [-0.39, 0.29) is 10.9 Å². The molecule has 2 rings (SSSR count). The van der Waals surface area contributed by atoms with Gasteiger partial charge in [0.2, 0.25) is 10.0 Å². The predicted molar refractivity (Wildman–Crippen MR) is 93.7 cm³/mol. The van der Waals surface area contributed by atoms with Gasteiger partial charge in [-0.05, 0) is 71.8 Å². The van der Waals surface area contributed by atoms with Gasteiger partial charge < -0.3 is 5.32 Å². The van der Waals surface area contributed by atoms with Crippen LogP contribution in [0.25, 0.3) is 0 Å². The van der Waals surface area contributed by atoms with E-state index in [1.807, 2.05) is 13.0 Å². The number of rotatable bonds is 4. The number of primary sulfonamides is 1. The van der Waals surface area contributed by atoms with E-state index in [4.69, 9.17) is 5.14 Å². The van der Waals surface area contributed by atoms with Gasteiger partial charge in [-0.3, -0.25) is 0 Å². The maximum absolute atomic E-state index is 11.2. The Kier molecular flexibility index (Phi) is 4.90. The lowest BCUT2D eigenvalue weighted by atomic mass is 10.1. The van der Waals surface area contributed by atoms with Crippen molar-refractivity contribution >= 4 is 38.3 Å². The first-order chi connectivity index (χ1) is 9.77. The first-order valence-corrected chi connectivity index (χ1v) is 9.05. The van der Waals surface area contributed by atoms with E-state index in [0.29, 0.717) is 0 Å². The highest BCUT2D eigenvalue weighted by Crippen LogP contribution is 2.23. The van der Waals surface area contributed by atoms with Crippen molar-refractivity contribution in [3.05, 3.63) is 57.2 Å². The van der Waals surface area contributed by atoms with E-state index < -0.39 is 10.0 Å². The number of nitrogens with two attached hydrogens (primary N) is 1. The number of halogens is 1. The first kappa shape index (κ1) is 16.3. The normalized spacial score (nSPS) is 13.0. The minimum atomic E-state index is -3.64. The summed E-state index contributed by atoms with van der Waals surface area (Å²) < 4.78 is 23.7. The number of hydrogen-bond acceptors (Lipinski definition) is 3. The zero-order chi connectivity index (χ0) is 15.6. The van der Waals surface area contributed by atoms with E-state index in [1.54, 1.807) is 12.1 Å². The number of benzene rings is 2. The van der Waals surface area contributed by atoms with Crippen LogP contribution in [0.1, 0.15) is 24.1 Å². The molecule has 3 N–H and O–H groups in total. The van der Waals surface area contributed by atoms with Crippen LogP contribution in [0.3, 0.4) is 0 Å². The largest absolute Gasteiger partial charge is 0.378 e. The second-order valence-electron chi connectivity index (χ2n) is 4.94. The molecule has 0 aliphatic rings. The Morgan fingerprint density at radius 3 is 2.29 bits per heavy atom. The van der Waals surface area contributed by atoms with Crippen molar-refractivity contribution in [2.45, 2.75) is 24.8 Å². The molecule has 0 radical (unpaired) electrons. The summed E-state index contributed by atoms with van der Waals surface area (Å²) in [5.41, 5.74) is 3.28. The van der Waals surface area contributed by atoms with Crippen LogP contribution in [0.15, 0.2) is 47.4 Å². The zero-order valence-corrected chi connectivity index (χ0v) is 14.8. The van der Waals surface area contributed by atoms with Crippen molar-refractivity contribution in [2.75, 3.05) is 5.32 Å². The number of sulfonamides is 1. The molecular formula is C15H17IN2O2S. The Morgan fingerprint density at radius 2 is 1.76 bits per heavy atom. The molecule has 0 saturated heterocycles. The van der Waals surface area contributed by atoms with Gasteiger partial charge in [-0.15, -0.1) is 0 Å². The molecule has 1 unspecified atom stereocenters. The van der Waals surface area contributed by atoms with Gasteiger partial charge in [-0.1, -0.05) is 18.2 Å². The second kappa shape index (κ2) is 6.33. The van der Waals surface area contributed by atoms with E-state index >= 15 is 0 Å². The van der Waals surface area contributed by atoms with Gasteiger partial charge >= 0.3 is 0 Å². The summed E-state index contributed by atoms with van der Waals surface area (Å²) in [5, 5.41) is 8.49. The number of hydrogen-bond donors (Lipinski definition) is 2. The third kappa shape index (κ3) is 4.18. The molecule has 0 saturated carbocycles. The molecule has 4 nitrogen and oxygen atoms in total. The van der Waals surface area contributed by atoms with Crippen molar-refractivity contribution < 1.29 is 8.42 Å². The van der Waals surface area contributed by atoms with E-state index in [2.05, 4.69) is 47.0 Å². The van der Waals surface area contributed by atoms with Crippen LogP contribution >= 0.6 is 22.6 Å². The molecule has 0 bridgehead atoms. The summed E-state index contributed by atoms with van der Waals surface area (Å²) in [5.74, 6) is 0. The molecule has 0 aliphatic heterocycles. The summed E-state index contributed by atoms with van der Waals surface area (Å²) in [7, 11) is -3.64. The summed E-state index contributed by atoms with van der Waals surface area (Å²) in [6.45, 7) is 4.10. The quantitative estimate of drug-likeness (QED) is 0.751. The van der Waals surface area contributed by atoms with Gasteiger partial charge in [0.1, 0.15) is 0 Å². The second-order valence-corrected chi connectivity index (χ2v) is 7.67. The Balaban J connectivity index is 2.16. The maximum Gasteiger partial charge on any atom is 0.238 e. The fourth-order valence-electron chi connectivity index (χ4n) is 1.96. The van der Waals surface area contributed by atoms with Crippen LogP contribution in [0.4, 0.5) is 5.69 Å². The third-order valence-corrected chi connectivity index (χ3v) is 5.36. The lowest BCUT2D eigenvalue weighted by Crippen LogP contribution is -2.12. The number of nitrogens with one attached hydrogen (secondary N) is 1. The van der Waals surface area contributed by atoms with Crippen molar-refractivity contribution in [1.82, 2.24) is 0 Å². The lowest BCUT2D eigenvalue weighted by molar-refractivity contribution is 0.597. The fraction of sp³-hybridized carbons (Fsp3) is 0.200. The molecule has 0 fully saturated rings. The van der Waals surface area contributed by atoms with Gasteiger partial charge in [0, 0.05) is 15.3 Å². The summed E-state index contributed by atoms with van der Waals surface area (Å²) >= 11 is 2.30. The SMILES string of the molecule is Cc1ccc(NC(C)c2ccc(S(N)(=O)=O)cc2)cc1I. The van der Waals surface area contributed by atoms with Crippen LogP contribution in [0.2, 0.25) is 0 Å². The lowest BCUT2D eigenvalue weighted by Gasteiger charge is -2.16. The summed E-state index contributed by atoms with van der Waals surface area (Å²) in [6.07, 6.45) is 0. The topological polar surface area (TPSA) is 72.2 Å². The molecule has 0 amide bonds. The van der Waals surface area contributed by atoms with E-state index in [1.165, 1.54) is 21.3 Å². The standard InChI is InChI=1S/C15H17IN2O2S/c1-10-3-6-13(9-15(10)16)18-11(2)12-4-7-14(8-5-12)21(17,19)20/h3-9,11,18H,1-2H3,(H2,17,19,20). The van der Waals surface area contributed by atoms with E-state index in [9.17, 15) is 8.42 Å². The molecular weight excluding hydrogens is 399 g/mol. The molecule has 0 aromatic heterocycles. The predicted octanol–water partition coefficient (Wildman–Crippen LogP) is 3.42. The zero-order valence-electron chi connectivity index (χ0n) is 11.8. The van der Waals surface area contributed by atoms with Crippen LogP contribution in [-0.2, 0) is 10.0 Å². The van der Waals surface area contributed by atoms with Gasteiger partial charge in [0.05, 0.1) is 4.90 Å². The summed E-state index contributed by atoms with van der Waals surface area (Å²) in [6, 6.07) is 12.9. The van der Waals surface area contributed by atoms with Crippen molar-refractivity contribution in [3.63, 3.8) is 0 Å². The molecule has 6 heteroatoms. The smallest absolute Gasteiger partial charge is 0.238 e. The fourth-order valence-corrected chi connectivity index (χ4v) is 2.99. The van der Waals surface area contributed by atoms with Crippen molar-refractivity contribution in [3.8, 4) is 0 Å². The number of aryl methyl sites for hydroxylation is 1.